The molecule has 0 saturated heterocycles. The number of aromatic amines is 1. The van der Waals surface area contributed by atoms with E-state index >= 15 is 0 Å². The second kappa shape index (κ2) is 8.98. The lowest BCUT2D eigenvalue weighted by molar-refractivity contribution is -0.128. The summed E-state index contributed by atoms with van der Waals surface area (Å²) < 4.78 is 34.4. The molecule has 32 heavy (non-hydrogen) atoms. The molecule has 0 saturated carbocycles. The van der Waals surface area contributed by atoms with Crippen LogP contribution in [-0.4, -0.2) is 16.2 Å². The summed E-state index contributed by atoms with van der Waals surface area (Å²) in [6.07, 6.45) is 3.17. The molecule has 4 rings (SSSR count). The molecular formula is C26H20F2N2O2. The number of benzene rings is 3. The van der Waals surface area contributed by atoms with Crippen molar-refractivity contribution in [3.05, 3.63) is 108 Å². The average molecular weight is 430 g/mol. The second-order valence-electron chi connectivity index (χ2n) is 7.12. The van der Waals surface area contributed by atoms with Gasteiger partial charge in [0, 0.05) is 22.6 Å². The maximum atomic E-state index is 14.9. The Morgan fingerprint density at radius 2 is 1.91 bits per heavy atom. The first-order valence-corrected chi connectivity index (χ1v) is 10.1. The monoisotopic (exact) mass is 430 g/mol. The number of esters is 1. The highest BCUT2D eigenvalue weighted by atomic mass is 19.1. The predicted molar refractivity (Wildman–Crippen MR) is 121 cm³/mol. The predicted octanol–water partition coefficient (Wildman–Crippen LogP) is 6.30. The molecule has 0 bridgehead atoms. The standard InChI is InChI=1S/C26H20F2N2O2/c1-3-19(21-14-18(27)10-11-22(21)28)26(16-9-12-23-17(13-16)15-29-30-23)20-7-5-6-8-24(20)32-25(31)4-2/h4-15H,2-3H2,1H3,(H,29,30)/b26-19+. The van der Waals surface area contributed by atoms with E-state index in [0.717, 1.165) is 34.7 Å². The summed E-state index contributed by atoms with van der Waals surface area (Å²) in [7, 11) is 0. The Kier molecular flexibility index (Phi) is 5.94. The molecule has 0 unspecified atom stereocenters. The molecule has 160 valence electrons. The molecule has 3 aromatic carbocycles. The number of nitrogens with one attached hydrogen (secondary N) is 1. The third-order valence-corrected chi connectivity index (χ3v) is 5.17. The van der Waals surface area contributed by atoms with Crippen LogP contribution >= 0.6 is 0 Å². The van der Waals surface area contributed by atoms with E-state index in [-0.39, 0.29) is 5.56 Å². The van der Waals surface area contributed by atoms with Crippen LogP contribution in [0.15, 0.2) is 79.5 Å². The van der Waals surface area contributed by atoms with E-state index < -0.39 is 17.6 Å². The molecule has 0 atom stereocenters. The van der Waals surface area contributed by atoms with E-state index in [9.17, 15) is 13.6 Å². The number of hydrogen-bond donors (Lipinski definition) is 1. The van der Waals surface area contributed by atoms with Crippen molar-refractivity contribution < 1.29 is 18.3 Å². The maximum absolute atomic E-state index is 14.9. The smallest absolute Gasteiger partial charge is 0.335 e. The Balaban J connectivity index is 2.06. The van der Waals surface area contributed by atoms with Crippen LogP contribution in [0.2, 0.25) is 0 Å². The minimum Gasteiger partial charge on any atom is -0.423 e. The van der Waals surface area contributed by atoms with Gasteiger partial charge in [-0.3, -0.25) is 5.10 Å². The zero-order valence-corrected chi connectivity index (χ0v) is 17.4. The van der Waals surface area contributed by atoms with E-state index in [1.807, 2.05) is 25.1 Å². The van der Waals surface area contributed by atoms with Crippen LogP contribution in [0.4, 0.5) is 8.78 Å². The van der Waals surface area contributed by atoms with Gasteiger partial charge in [0.15, 0.2) is 0 Å². The summed E-state index contributed by atoms with van der Waals surface area (Å²) >= 11 is 0. The number of carbonyl (C=O) groups excluding carboxylic acids is 1. The molecule has 4 aromatic rings. The van der Waals surface area contributed by atoms with Gasteiger partial charge in [-0.1, -0.05) is 37.8 Å². The van der Waals surface area contributed by atoms with E-state index in [4.69, 9.17) is 4.74 Å². The van der Waals surface area contributed by atoms with Gasteiger partial charge in [-0.05, 0) is 59.5 Å². The highest BCUT2D eigenvalue weighted by Gasteiger charge is 2.20. The SMILES string of the molecule is C=CC(=O)Oc1ccccc1/C(=C(\CC)c1cc(F)ccc1F)c1ccc2[nH]ncc2c1. The average Bonchev–Trinajstić information content (AvgIpc) is 3.27. The van der Waals surface area contributed by atoms with Gasteiger partial charge in [-0.25, -0.2) is 13.6 Å². The fourth-order valence-electron chi connectivity index (χ4n) is 3.73. The van der Waals surface area contributed by atoms with Gasteiger partial charge in [0.2, 0.25) is 0 Å². The molecule has 1 aromatic heterocycles. The number of allylic oxidation sites excluding steroid dienone is 1. The van der Waals surface area contributed by atoms with Gasteiger partial charge in [-0.2, -0.15) is 5.10 Å². The minimum absolute atomic E-state index is 0.152. The molecule has 0 fully saturated rings. The number of fused-ring (bicyclic) bond motifs is 1. The molecule has 0 aliphatic heterocycles. The summed E-state index contributed by atoms with van der Waals surface area (Å²) in [6, 6.07) is 16.0. The molecule has 0 aliphatic carbocycles. The molecule has 0 aliphatic rings. The lowest BCUT2D eigenvalue weighted by Gasteiger charge is -2.19. The quantitative estimate of drug-likeness (QED) is 0.169. The topological polar surface area (TPSA) is 55.0 Å². The van der Waals surface area contributed by atoms with Gasteiger partial charge in [0.05, 0.1) is 11.7 Å². The molecule has 0 amide bonds. The molecule has 4 nitrogen and oxygen atoms in total. The van der Waals surface area contributed by atoms with Crippen molar-refractivity contribution in [2.75, 3.05) is 0 Å². The Morgan fingerprint density at radius 3 is 2.69 bits per heavy atom. The van der Waals surface area contributed by atoms with Crippen molar-refractivity contribution in [1.82, 2.24) is 10.2 Å². The number of para-hydroxylation sites is 1. The van der Waals surface area contributed by atoms with Gasteiger partial charge < -0.3 is 4.74 Å². The van der Waals surface area contributed by atoms with E-state index in [1.165, 1.54) is 6.07 Å². The second-order valence-corrected chi connectivity index (χ2v) is 7.12. The summed E-state index contributed by atoms with van der Waals surface area (Å²) in [5, 5.41) is 7.82. The highest BCUT2D eigenvalue weighted by molar-refractivity contribution is 6.02. The van der Waals surface area contributed by atoms with Crippen molar-refractivity contribution in [3.63, 3.8) is 0 Å². The van der Waals surface area contributed by atoms with E-state index in [2.05, 4.69) is 16.8 Å². The molecule has 6 heteroatoms. The number of rotatable bonds is 6. The largest absolute Gasteiger partial charge is 0.423 e. The molecule has 0 spiro atoms. The van der Waals surface area contributed by atoms with E-state index in [0.29, 0.717) is 28.9 Å². The van der Waals surface area contributed by atoms with Crippen molar-refractivity contribution in [2.24, 2.45) is 0 Å². The Labute approximate surface area is 183 Å². The van der Waals surface area contributed by atoms with Gasteiger partial charge in [0.1, 0.15) is 17.4 Å². The molecule has 1 N–H and O–H groups in total. The van der Waals surface area contributed by atoms with Gasteiger partial charge in [0.25, 0.3) is 0 Å². The lowest BCUT2D eigenvalue weighted by Crippen LogP contribution is -2.06. The van der Waals surface area contributed by atoms with Crippen molar-refractivity contribution in [3.8, 4) is 5.75 Å². The number of ether oxygens (including phenoxy) is 1. The number of nitrogens with zero attached hydrogens (tertiary/aromatic N) is 1. The first-order valence-electron chi connectivity index (χ1n) is 10.1. The first kappa shape index (κ1) is 21.2. The number of H-pyrrole nitrogens is 1. The van der Waals surface area contributed by atoms with E-state index in [1.54, 1.807) is 30.5 Å². The molecular weight excluding hydrogens is 410 g/mol. The van der Waals surface area contributed by atoms with Crippen molar-refractivity contribution in [2.45, 2.75) is 13.3 Å². The summed E-state index contributed by atoms with van der Waals surface area (Å²) in [4.78, 5) is 12.0. The third-order valence-electron chi connectivity index (χ3n) is 5.17. The number of hydrogen-bond acceptors (Lipinski definition) is 3. The summed E-state index contributed by atoms with van der Waals surface area (Å²) in [5.41, 5.74) is 3.53. The van der Waals surface area contributed by atoms with Crippen LogP contribution in [-0.2, 0) is 4.79 Å². The first-order chi connectivity index (χ1) is 15.5. The molecule has 0 radical (unpaired) electrons. The Hall–Kier alpha value is -4.06. The Bertz CT molecular complexity index is 1350. The fraction of sp³-hybridized carbons (Fsp3) is 0.0769. The fourth-order valence-corrected chi connectivity index (χ4v) is 3.73. The third kappa shape index (κ3) is 4.07. The number of aromatic nitrogens is 2. The highest BCUT2D eigenvalue weighted by Crippen LogP contribution is 2.40. The van der Waals surface area contributed by atoms with Crippen molar-refractivity contribution >= 4 is 28.0 Å². The lowest BCUT2D eigenvalue weighted by atomic mass is 9.87. The normalized spacial score (nSPS) is 11.8. The van der Waals surface area contributed by atoms with Crippen LogP contribution in [0.25, 0.3) is 22.0 Å². The van der Waals surface area contributed by atoms with Gasteiger partial charge >= 0.3 is 5.97 Å². The van der Waals surface area contributed by atoms with Crippen LogP contribution in [0.1, 0.15) is 30.0 Å². The number of halogens is 2. The van der Waals surface area contributed by atoms with Crippen LogP contribution in [0.3, 0.4) is 0 Å². The zero-order chi connectivity index (χ0) is 22.7. The van der Waals surface area contributed by atoms with Crippen LogP contribution in [0.5, 0.6) is 5.75 Å². The summed E-state index contributed by atoms with van der Waals surface area (Å²) in [6.45, 7) is 5.32. The Morgan fingerprint density at radius 1 is 1.09 bits per heavy atom. The maximum Gasteiger partial charge on any atom is 0.335 e. The van der Waals surface area contributed by atoms with Crippen LogP contribution < -0.4 is 4.74 Å². The molecule has 1 heterocycles. The van der Waals surface area contributed by atoms with Crippen LogP contribution in [0, 0.1) is 11.6 Å². The number of carbonyl (C=O) groups is 1. The van der Waals surface area contributed by atoms with Gasteiger partial charge in [-0.15, -0.1) is 0 Å². The minimum atomic E-state index is -0.614. The zero-order valence-electron chi connectivity index (χ0n) is 17.4. The van der Waals surface area contributed by atoms with Crippen molar-refractivity contribution in [1.29, 1.82) is 0 Å². The summed E-state index contributed by atoms with van der Waals surface area (Å²) in [5.74, 6) is -1.39.